The molecule has 30 heavy (non-hydrogen) atoms. The number of hydrogen-bond donors (Lipinski definition) is 1. The highest BCUT2D eigenvalue weighted by atomic mass is 16.6. The van der Waals surface area contributed by atoms with Crippen LogP contribution < -0.4 is 5.43 Å². The maximum atomic E-state index is 12.2. The summed E-state index contributed by atoms with van der Waals surface area (Å²) in [4.78, 5) is 22.8. The number of nitrogens with one attached hydrogen (secondary N) is 1. The number of nitro benzene ring substituents is 1. The molecule has 3 aromatic rings. The summed E-state index contributed by atoms with van der Waals surface area (Å²) in [5.41, 5.74) is 9.21. The highest BCUT2D eigenvalue weighted by Gasteiger charge is 2.16. The standard InChI is InChI=1S/C23H24N4O3/c1-15-8-7-9-16(2)23(15)26-17(3)12-20(18(26)4)14-24-25-22(28)13-19-10-5-6-11-21(19)27(29)30/h5-12,14H,13H2,1-4H3,(H,25,28). The van der Waals surface area contributed by atoms with Crippen molar-refractivity contribution in [2.24, 2.45) is 5.10 Å². The molecule has 7 nitrogen and oxygen atoms in total. The summed E-state index contributed by atoms with van der Waals surface area (Å²) in [6, 6.07) is 14.4. The van der Waals surface area contributed by atoms with E-state index in [0.717, 1.165) is 22.6 Å². The number of nitro groups is 1. The highest BCUT2D eigenvalue weighted by Crippen LogP contribution is 2.25. The van der Waals surface area contributed by atoms with Crippen LogP contribution >= 0.6 is 0 Å². The SMILES string of the molecule is Cc1cccc(C)c1-n1c(C)cc(C=NNC(=O)Cc2ccccc2[N+](=O)[O-])c1C. The monoisotopic (exact) mass is 404 g/mol. The van der Waals surface area contributed by atoms with E-state index in [1.807, 2.05) is 26.0 Å². The molecule has 1 heterocycles. The molecule has 1 aromatic heterocycles. The smallest absolute Gasteiger partial charge is 0.273 e. The number of amides is 1. The minimum Gasteiger partial charge on any atom is -0.317 e. The number of carbonyl (C=O) groups excluding carboxylic acids is 1. The van der Waals surface area contributed by atoms with E-state index in [1.165, 1.54) is 17.2 Å². The van der Waals surface area contributed by atoms with E-state index in [2.05, 4.69) is 41.1 Å². The normalized spacial score (nSPS) is 11.1. The van der Waals surface area contributed by atoms with Gasteiger partial charge in [0, 0.05) is 28.6 Å². The number of benzene rings is 2. The van der Waals surface area contributed by atoms with Crippen molar-refractivity contribution in [2.75, 3.05) is 0 Å². The first kappa shape index (κ1) is 21.0. The number of carbonyl (C=O) groups is 1. The Morgan fingerprint density at radius 1 is 1.10 bits per heavy atom. The van der Waals surface area contributed by atoms with E-state index in [-0.39, 0.29) is 12.1 Å². The van der Waals surface area contributed by atoms with Crippen molar-refractivity contribution >= 4 is 17.8 Å². The Morgan fingerprint density at radius 2 is 1.77 bits per heavy atom. The topological polar surface area (TPSA) is 89.5 Å². The first-order valence-electron chi connectivity index (χ1n) is 9.59. The molecule has 154 valence electrons. The van der Waals surface area contributed by atoms with Gasteiger partial charge in [-0.25, -0.2) is 5.43 Å². The van der Waals surface area contributed by atoms with Gasteiger partial charge in [0.05, 0.1) is 23.2 Å². The summed E-state index contributed by atoms with van der Waals surface area (Å²) in [7, 11) is 0. The average molecular weight is 404 g/mol. The number of hydrogen-bond acceptors (Lipinski definition) is 4. The van der Waals surface area contributed by atoms with Crippen LogP contribution in [0.2, 0.25) is 0 Å². The fraction of sp³-hybridized carbons (Fsp3) is 0.217. The van der Waals surface area contributed by atoms with Crippen LogP contribution in [0.3, 0.4) is 0 Å². The van der Waals surface area contributed by atoms with Crippen LogP contribution in [0, 0.1) is 37.8 Å². The van der Waals surface area contributed by atoms with Gasteiger partial charge in [-0.15, -0.1) is 0 Å². The third-order valence-electron chi connectivity index (χ3n) is 5.07. The molecule has 0 fully saturated rings. The summed E-state index contributed by atoms with van der Waals surface area (Å²) in [5, 5.41) is 15.1. The molecule has 3 rings (SSSR count). The van der Waals surface area contributed by atoms with Crippen LogP contribution in [0.1, 0.15) is 33.6 Å². The lowest BCUT2D eigenvalue weighted by atomic mass is 10.1. The first-order chi connectivity index (χ1) is 14.3. The Bertz CT molecular complexity index is 1130. The van der Waals surface area contributed by atoms with Crippen molar-refractivity contribution in [1.29, 1.82) is 0 Å². The van der Waals surface area contributed by atoms with Gasteiger partial charge in [-0.2, -0.15) is 5.10 Å². The largest absolute Gasteiger partial charge is 0.317 e. The highest BCUT2D eigenvalue weighted by molar-refractivity contribution is 5.85. The summed E-state index contributed by atoms with van der Waals surface area (Å²) in [6.45, 7) is 8.20. The van der Waals surface area contributed by atoms with Gasteiger partial charge < -0.3 is 4.57 Å². The molecular formula is C23H24N4O3. The van der Waals surface area contributed by atoms with Crippen LogP contribution in [-0.2, 0) is 11.2 Å². The average Bonchev–Trinajstić information content (AvgIpc) is 2.96. The molecule has 0 saturated heterocycles. The zero-order valence-corrected chi connectivity index (χ0v) is 17.5. The Morgan fingerprint density at radius 3 is 2.43 bits per heavy atom. The van der Waals surface area contributed by atoms with Gasteiger partial charge in [-0.3, -0.25) is 14.9 Å². The molecule has 0 atom stereocenters. The predicted octanol–water partition coefficient (Wildman–Crippen LogP) is 4.31. The fourth-order valence-electron chi connectivity index (χ4n) is 3.65. The molecule has 0 saturated carbocycles. The number of para-hydroxylation sites is 2. The summed E-state index contributed by atoms with van der Waals surface area (Å²) in [5.74, 6) is -0.413. The van der Waals surface area contributed by atoms with Gasteiger partial charge >= 0.3 is 0 Å². The van der Waals surface area contributed by atoms with E-state index >= 15 is 0 Å². The van der Waals surface area contributed by atoms with Crippen molar-refractivity contribution < 1.29 is 9.72 Å². The van der Waals surface area contributed by atoms with Crippen LogP contribution in [0.25, 0.3) is 5.69 Å². The lowest BCUT2D eigenvalue weighted by Gasteiger charge is -2.15. The van der Waals surface area contributed by atoms with Gasteiger partial charge in [-0.05, 0) is 44.9 Å². The Balaban J connectivity index is 1.77. The molecule has 0 radical (unpaired) electrons. The van der Waals surface area contributed by atoms with Gasteiger partial charge in [-0.1, -0.05) is 36.4 Å². The summed E-state index contributed by atoms with van der Waals surface area (Å²) in [6.07, 6.45) is 1.49. The van der Waals surface area contributed by atoms with Crippen molar-refractivity contribution in [3.05, 3.63) is 92.3 Å². The number of aryl methyl sites for hydroxylation is 3. The predicted molar refractivity (Wildman–Crippen MR) is 117 cm³/mol. The van der Waals surface area contributed by atoms with Gasteiger partial charge in [0.1, 0.15) is 0 Å². The quantitative estimate of drug-likeness (QED) is 0.377. The second-order valence-corrected chi connectivity index (χ2v) is 7.26. The Labute approximate surface area is 175 Å². The minimum atomic E-state index is -0.492. The molecule has 2 aromatic carbocycles. The van der Waals surface area contributed by atoms with Crippen LogP contribution in [-0.4, -0.2) is 21.6 Å². The van der Waals surface area contributed by atoms with E-state index in [4.69, 9.17) is 0 Å². The molecule has 0 spiro atoms. The Hall–Kier alpha value is -3.74. The fourth-order valence-corrected chi connectivity index (χ4v) is 3.65. The number of rotatable bonds is 6. The van der Waals surface area contributed by atoms with Crippen LogP contribution in [0.15, 0.2) is 53.6 Å². The number of hydrazone groups is 1. The minimum absolute atomic E-state index is 0.0752. The van der Waals surface area contributed by atoms with Gasteiger partial charge in [0.15, 0.2) is 0 Å². The first-order valence-corrected chi connectivity index (χ1v) is 9.59. The van der Waals surface area contributed by atoms with Crippen molar-refractivity contribution in [3.8, 4) is 5.69 Å². The third kappa shape index (κ3) is 4.30. The molecule has 7 heteroatoms. The molecule has 0 aliphatic carbocycles. The maximum Gasteiger partial charge on any atom is 0.273 e. The van der Waals surface area contributed by atoms with Crippen molar-refractivity contribution in [3.63, 3.8) is 0 Å². The van der Waals surface area contributed by atoms with Crippen molar-refractivity contribution in [2.45, 2.75) is 34.1 Å². The number of nitrogens with zero attached hydrogens (tertiary/aromatic N) is 3. The molecule has 0 unspecified atom stereocenters. The third-order valence-corrected chi connectivity index (χ3v) is 5.07. The summed E-state index contributed by atoms with van der Waals surface area (Å²) < 4.78 is 2.18. The lowest BCUT2D eigenvalue weighted by molar-refractivity contribution is -0.385. The second-order valence-electron chi connectivity index (χ2n) is 7.26. The molecule has 0 bridgehead atoms. The zero-order valence-electron chi connectivity index (χ0n) is 17.5. The van der Waals surface area contributed by atoms with E-state index in [0.29, 0.717) is 5.56 Å². The Kier molecular flexibility index (Phi) is 6.11. The van der Waals surface area contributed by atoms with E-state index < -0.39 is 10.8 Å². The molecular weight excluding hydrogens is 380 g/mol. The van der Waals surface area contributed by atoms with E-state index in [1.54, 1.807) is 24.4 Å². The maximum absolute atomic E-state index is 12.2. The van der Waals surface area contributed by atoms with Gasteiger partial charge in [0.25, 0.3) is 5.69 Å². The molecule has 0 aliphatic heterocycles. The second kappa shape index (κ2) is 8.73. The van der Waals surface area contributed by atoms with Crippen LogP contribution in [0.5, 0.6) is 0 Å². The van der Waals surface area contributed by atoms with E-state index in [9.17, 15) is 14.9 Å². The van der Waals surface area contributed by atoms with Crippen LogP contribution in [0.4, 0.5) is 5.69 Å². The lowest BCUT2D eigenvalue weighted by Crippen LogP contribution is -2.20. The zero-order chi connectivity index (χ0) is 21.8. The summed E-state index contributed by atoms with van der Waals surface area (Å²) >= 11 is 0. The molecule has 0 aliphatic rings. The van der Waals surface area contributed by atoms with Gasteiger partial charge in [0.2, 0.25) is 5.91 Å². The molecule has 1 amide bonds. The number of aromatic nitrogens is 1. The molecule has 1 N–H and O–H groups in total. The van der Waals surface area contributed by atoms with Crippen molar-refractivity contribution in [1.82, 2.24) is 9.99 Å².